The molecular formula is C15H24N2O2. The lowest BCUT2D eigenvalue weighted by Gasteiger charge is -2.15. The number of benzene rings is 1. The minimum atomic E-state index is -0.320. The van der Waals surface area contributed by atoms with E-state index in [1.807, 2.05) is 13.0 Å². The van der Waals surface area contributed by atoms with Crippen molar-refractivity contribution in [3.8, 4) is 0 Å². The van der Waals surface area contributed by atoms with E-state index in [1.54, 1.807) is 12.1 Å². The molecule has 1 rings (SSSR count). The first kappa shape index (κ1) is 15.5. The molecule has 1 aromatic carbocycles. The van der Waals surface area contributed by atoms with Gasteiger partial charge < -0.3 is 5.32 Å². The van der Waals surface area contributed by atoms with Crippen LogP contribution in [0.15, 0.2) is 18.2 Å². The van der Waals surface area contributed by atoms with Gasteiger partial charge in [-0.15, -0.1) is 0 Å². The molecule has 0 heterocycles. The average Bonchev–Trinajstić information content (AvgIpc) is 2.36. The maximum atomic E-state index is 11.0. The Morgan fingerprint density at radius 2 is 2.05 bits per heavy atom. The molecule has 1 aromatic rings. The quantitative estimate of drug-likeness (QED) is 0.421. The maximum absolute atomic E-state index is 11.0. The number of hydrogen-bond donors (Lipinski definition) is 1. The van der Waals surface area contributed by atoms with Gasteiger partial charge in [-0.2, -0.15) is 0 Å². The average molecular weight is 264 g/mol. The van der Waals surface area contributed by atoms with Crippen LogP contribution in [-0.2, 0) is 0 Å². The maximum Gasteiger partial charge on any atom is 0.292 e. The van der Waals surface area contributed by atoms with E-state index in [0.29, 0.717) is 5.69 Å². The fourth-order valence-corrected chi connectivity index (χ4v) is 2.13. The van der Waals surface area contributed by atoms with Crippen LogP contribution in [-0.4, -0.2) is 11.0 Å². The number of nitro benzene ring substituents is 1. The lowest BCUT2D eigenvalue weighted by Crippen LogP contribution is -2.15. The molecule has 0 aliphatic rings. The smallest absolute Gasteiger partial charge is 0.292 e. The van der Waals surface area contributed by atoms with Crippen molar-refractivity contribution in [1.29, 1.82) is 0 Å². The first-order valence-corrected chi connectivity index (χ1v) is 7.06. The largest absolute Gasteiger partial charge is 0.377 e. The van der Waals surface area contributed by atoms with Crippen LogP contribution in [0.3, 0.4) is 0 Å². The Kier molecular flexibility index (Phi) is 6.33. The highest BCUT2D eigenvalue weighted by molar-refractivity contribution is 5.62. The molecule has 1 unspecified atom stereocenters. The predicted octanol–water partition coefficient (Wildman–Crippen LogP) is 4.67. The van der Waals surface area contributed by atoms with Crippen molar-refractivity contribution in [2.75, 3.05) is 5.32 Å². The topological polar surface area (TPSA) is 55.2 Å². The second-order valence-electron chi connectivity index (χ2n) is 5.17. The van der Waals surface area contributed by atoms with E-state index in [1.165, 1.54) is 25.7 Å². The van der Waals surface area contributed by atoms with E-state index in [2.05, 4.69) is 19.2 Å². The lowest BCUT2D eigenvalue weighted by molar-refractivity contribution is -0.384. The van der Waals surface area contributed by atoms with Crippen molar-refractivity contribution in [2.24, 2.45) is 0 Å². The number of nitro groups is 1. The molecule has 106 valence electrons. The molecule has 0 fully saturated rings. The van der Waals surface area contributed by atoms with E-state index in [0.717, 1.165) is 12.0 Å². The highest BCUT2D eigenvalue weighted by Crippen LogP contribution is 2.26. The summed E-state index contributed by atoms with van der Waals surface area (Å²) in [7, 11) is 0. The zero-order valence-corrected chi connectivity index (χ0v) is 12.1. The number of nitrogens with zero attached hydrogens (tertiary/aromatic N) is 1. The van der Waals surface area contributed by atoms with Gasteiger partial charge in [-0.3, -0.25) is 10.1 Å². The minimum Gasteiger partial charge on any atom is -0.377 e. The van der Waals surface area contributed by atoms with Gasteiger partial charge in [0.1, 0.15) is 5.69 Å². The van der Waals surface area contributed by atoms with Gasteiger partial charge in [0, 0.05) is 12.1 Å². The molecule has 1 atom stereocenters. The lowest BCUT2D eigenvalue weighted by atomic mass is 10.1. The first-order valence-electron chi connectivity index (χ1n) is 7.06. The summed E-state index contributed by atoms with van der Waals surface area (Å²) >= 11 is 0. The Balaban J connectivity index is 2.58. The summed E-state index contributed by atoms with van der Waals surface area (Å²) in [5.41, 5.74) is 1.70. The van der Waals surface area contributed by atoms with Gasteiger partial charge in [-0.1, -0.05) is 38.7 Å². The van der Waals surface area contributed by atoms with Crippen molar-refractivity contribution in [2.45, 2.75) is 58.9 Å². The van der Waals surface area contributed by atoms with Crippen LogP contribution in [0, 0.1) is 17.0 Å². The second-order valence-corrected chi connectivity index (χ2v) is 5.17. The molecular weight excluding hydrogens is 240 g/mol. The molecule has 0 aliphatic heterocycles. The molecule has 19 heavy (non-hydrogen) atoms. The standard InChI is InChI=1S/C15H24N2O2/c1-4-5-6-7-8-13(3)16-14-10-9-12(2)11-15(14)17(18)19/h9-11,13,16H,4-8H2,1-3H3. The number of hydrogen-bond acceptors (Lipinski definition) is 3. The molecule has 0 aliphatic carbocycles. The van der Waals surface area contributed by atoms with Crippen molar-refractivity contribution in [3.05, 3.63) is 33.9 Å². The molecule has 1 N–H and O–H groups in total. The van der Waals surface area contributed by atoms with E-state index in [9.17, 15) is 10.1 Å². The number of anilines is 1. The molecule has 4 heteroatoms. The van der Waals surface area contributed by atoms with Crippen molar-refractivity contribution >= 4 is 11.4 Å². The summed E-state index contributed by atoms with van der Waals surface area (Å²) < 4.78 is 0. The Labute approximate surface area is 115 Å². The summed E-state index contributed by atoms with van der Waals surface area (Å²) in [6.07, 6.45) is 5.94. The van der Waals surface area contributed by atoms with Gasteiger partial charge >= 0.3 is 0 Å². The fraction of sp³-hybridized carbons (Fsp3) is 0.600. The third kappa shape index (κ3) is 5.28. The molecule has 4 nitrogen and oxygen atoms in total. The highest BCUT2D eigenvalue weighted by atomic mass is 16.6. The van der Waals surface area contributed by atoms with Gasteiger partial charge in [0.25, 0.3) is 5.69 Å². The predicted molar refractivity (Wildman–Crippen MR) is 79.7 cm³/mol. The first-order chi connectivity index (χ1) is 9.04. The summed E-state index contributed by atoms with van der Waals surface area (Å²) in [6.45, 7) is 6.14. The van der Waals surface area contributed by atoms with E-state index in [-0.39, 0.29) is 16.7 Å². The van der Waals surface area contributed by atoms with Crippen molar-refractivity contribution in [1.82, 2.24) is 0 Å². The second kappa shape index (κ2) is 7.77. The van der Waals surface area contributed by atoms with Crippen LogP contribution in [0.25, 0.3) is 0 Å². The van der Waals surface area contributed by atoms with E-state index >= 15 is 0 Å². The number of aryl methyl sites for hydroxylation is 1. The van der Waals surface area contributed by atoms with Crippen LogP contribution in [0.4, 0.5) is 11.4 Å². The van der Waals surface area contributed by atoms with Gasteiger partial charge in [-0.05, 0) is 31.9 Å². The van der Waals surface area contributed by atoms with Gasteiger partial charge in [0.15, 0.2) is 0 Å². The molecule has 0 radical (unpaired) electrons. The van der Waals surface area contributed by atoms with Crippen LogP contribution < -0.4 is 5.32 Å². The Hall–Kier alpha value is -1.58. The van der Waals surface area contributed by atoms with Gasteiger partial charge in [0.05, 0.1) is 4.92 Å². The zero-order chi connectivity index (χ0) is 14.3. The van der Waals surface area contributed by atoms with E-state index in [4.69, 9.17) is 0 Å². The minimum absolute atomic E-state index is 0.167. The highest BCUT2D eigenvalue weighted by Gasteiger charge is 2.15. The molecule has 0 aromatic heterocycles. The van der Waals surface area contributed by atoms with Gasteiger partial charge in [-0.25, -0.2) is 0 Å². The molecule has 0 bridgehead atoms. The van der Waals surface area contributed by atoms with Crippen LogP contribution in [0.5, 0.6) is 0 Å². The number of nitrogens with one attached hydrogen (secondary N) is 1. The number of unbranched alkanes of at least 4 members (excludes halogenated alkanes) is 3. The zero-order valence-electron chi connectivity index (χ0n) is 12.1. The normalized spacial score (nSPS) is 12.2. The van der Waals surface area contributed by atoms with E-state index < -0.39 is 0 Å². The van der Waals surface area contributed by atoms with Crippen LogP contribution in [0.2, 0.25) is 0 Å². The number of rotatable bonds is 8. The van der Waals surface area contributed by atoms with Crippen LogP contribution in [0.1, 0.15) is 51.5 Å². The molecule has 0 saturated heterocycles. The summed E-state index contributed by atoms with van der Waals surface area (Å²) in [6, 6.07) is 5.58. The van der Waals surface area contributed by atoms with Crippen molar-refractivity contribution in [3.63, 3.8) is 0 Å². The molecule has 0 spiro atoms. The van der Waals surface area contributed by atoms with Crippen LogP contribution >= 0.6 is 0 Å². The van der Waals surface area contributed by atoms with Gasteiger partial charge in [0.2, 0.25) is 0 Å². The third-order valence-corrected chi connectivity index (χ3v) is 3.24. The molecule has 0 amide bonds. The Morgan fingerprint density at radius 3 is 2.68 bits per heavy atom. The van der Waals surface area contributed by atoms with Crippen molar-refractivity contribution < 1.29 is 4.92 Å². The fourth-order valence-electron chi connectivity index (χ4n) is 2.13. The molecule has 0 saturated carbocycles. The Morgan fingerprint density at radius 1 is 1.32 bits per heavy atom. The monoisotopic (exact) mass is 264 g/mol. The summed E-state index contributed by atoms with van der Waals surface area (Å²) in [5, 5.41) is 14.3. The summed E-state index contributed by atoms with van der Waals surface area (Å²) in [5.74, 6) is 0. The Bertz CT molecular complexity index is 419. The SMILES string of the molecule is CCCCCCC(C)Nc1ccc(C)cc1[N+](=O)[O-]. The summed E-state index contributed by atoms with van der Waals surface area (Å²) in [4.78, 5) is 10.7. The third-order valence-electron chi connectivity index (χ3n) is 3.24.